The summed E-state index contributed by atoms with van der Waals surface area (Å²) in [5.74, 6) is 0.376. The molecule has 37 heavy (non-hydrogen) atoms. The Morgan fingerprint density at radius 1 is 0.676 bits per heavy atom. The molecule has 0 unspecified atom stereocenters. The fraction of sp³-hybridized carbons (Fsp3) is 0.259. The third-order valence-corrected chi connectivity index (χ3v) is 6.81. The molecule has 10 heteroatoms. The van der Waals surface area contributed by atoms with E-state index in [0.717, 1.165) is 18.7 Å². The Kier molecular flexibility index (Phi) is 9.29. The Morgan fingerprint density at radius 3 is 1.62 bits per heavy atom. The van der Waals surface area contributed by atoms with Crippen molar-refractivity contribution in [3.8, 4) is 17.2 Å². The first kappa shape index (κ1) is 27.2. The van der Waals surface area contributed by atoms with E-state index in [9.17, 15) is 15.3 Å². The number of hydrogen-bond acceptors (Lipinski definition) is 7. The number of hydrogen-bond donors (Lipinski definition) is 3. The van der Waals surface area contributed by atoms with E-state index in [-0.39, 0.29) is 23.4 Å². The third kappa shape index (κ3) is 7.15. The van der Waals surface area contributed by atoms with E-state index < -0.39 is 0 Å². The fourth-order valence-corrected chi connectivity index (χ4v) is 4.81. The summed E-state index contributed by atoms with van der Waals surface area (Å²) >= 11 is 18.1. The van der Waals surface area contributed by atoms with Crippen molar-refractivity contribution in [2.75, 3.05) is 39.3 Å². The number of halogens is 3. The Labute approximate surface area is 230 Å². The van der Waals surface area contributed by atoms with Crippen LogP contribution in [0.3, 0.4) is 0 Å². The second-order valence-corrected chi connectivity index (χ2v) is 9.93. The minimum atomic E-state index is -0.179. The minimum absolute atomic E-state index is 0.121. The largest absolute Gasteiger partial charge is 0.508 e. The summed E-state index contributed by atoms with van der Waals surface area (Å²) in [4.78, 5) is 13.4. The van der Waals surface area contributed by atoms with Gasteiger partial charge < -0.3 is 15.3 Å². The van der Waals surface area contributed by atoms with Crippen LogP contribution in [-0.4, -0.2) is 76.8 Å². The molecule has 1 aliphatic heterocycles. The van der Waals surface area contributed by atoms with Gasteiger partial charge in [0.15, 0.2) is 0 Å². The van der Waals surface area contributed by atoms with Crippen molar-refractivity contribution < 1.29 is 15.3 Å². The van der Waals surface area contributed by atoms with Gasteiger partial charge in [0.25, 0.3) is 0 Å². The molecule has 0 radical (unpaired) electrons. The van der Waals surface area contributed by atoms with E-state index in [0.29, 0.717) is 52.4 Å². The van der Waals surface area contributed by atoms with E-state index >= 15 is 0 Å². The standard InChI is InChI=1S/C27H27Cl3N4O3/c28-20-2-5-24(35)18(13-20)16-31-7-9-33-11-12-34(27(33)23-4-1-22(30)15-26(23)37)10-8-32-17-19-14-21(29)3-6-25(19)36/h1-6,13-17,27,35-37H,7-12H2. The van der Waals surface area contributed by atoms with E-state index in [2.05, 4.69) is 19.8 Å². The molecule has 3 N–H and O–H groups in total. The van der Waals surface area contributed by atoms with Crippen LogP contribution in [0, 0.1) is 0 Å². The quantitative estimate of drug-likeness (QED) is 0.295. The first-order valence-electron chi connectivity index (χ1n) is 11.7. The summed E-state index contributed by atoms with van der Waals surface area (Å²) in [5.41, 5.74) is 1.88. The molecule has 1 heterocycles. The number of rotatable bonds is 9. The highest BCUT2D eigenvalue weighted by Crippen LogP contribution is 2.36. The Balaban J connectivity index is 1.44. The van der Waals surface area contributed by atoms with Gasteiger partial charge in [0.05, 0.1) is 19.3 Å². The van der Waals surface area contributed by atoms with E-state index in [4.69, 9.17) is 34.8 Å². The molecule has 7 nitrogen and oxygen atoms in total. The van der Waals surface area contributed by atoms with E-state index in [1.54, 1.807) is 48.8 Å². The number of aromatic hydroxyl groups is 3. The zero-order valence-corrected chi connectivity index (χ0v) is 22.2. The van der Waals surface area contributed by atoms with Gasteiger partial charge in [-0.3, -0.25) is 19.8 Å². The lowest BCUT2D eigenvalue weighted by molar-refractivity contribution is 0.140. The molecule has 0 aromatic heterocycles. The molecule has 0 aliphatic carbocycles. The molecule has 1 fully saturated rings. The summed E-state index contributed by atoms with van der Waals surface area (Å²) < 4.78 is 0. The van der Waals surface area contributed by atoms with Crippen molar-refractivity contribution in [1.82, 2.24) is 9.80 Å². The first-order valence-corrected chi connectivity index (χ1v) is 12.9. The summed E-state index contributed by atoms with van der Waals surface area (Å²) in [6.45, 7) is 3.84. The van der Waals surface area contributed by atoms with E-state index in [1.165, 1.54) is 12.1 Å². The molecule has 0 amide bonds. The second kappa shape index (κ2) is 12.6. The summed E-state index contributed by atoms with van der Waals surface area (Å²) in [6.07, 6.45) is 3.05. The van der Waals surface area contributed by atoms with E-state index in [1.807, 2.05) is 6.07 Å². The lowest BCUT2D eigenvalue weighted by atomic mass is 10.1. The third-order valence-electron chi connectivity index (χ3n) is 6.11. The minimum Gasteiger partial charge on any atom is -0.508 e. The Hall–Kier alpha value is -2.81. The van der Waals surface area contributed by atoms with Gasteiger partial charge >= 0.3 is 0 Å². The van der Waals surface area contributed by atoms with Gasteiger partial charge in [-0.25, -0.2) is 0 Å². The molecule has 3 aromatic rings. The Morgan fingerprint density at radius 2 is 1.14 bits per heavy atom. The highest BCUT2D eigenvalue weighted by molar-refractivity contribution is 6.31. The first-order chi connectivity index (χ1) is 17.8. The maximum absolute atomic E-state index is 10.7. The van der Waals surface area contributed by atoms with Crippen LogP contribution in [0.25, 0.3) is 0 Å². The SMILES string of the molecule is Oc1ccc(Cl)cc1C=NCCN1CCN(CCN=Cc2cc(Cl)ccc2O)C1c1ccc(Cl)cc1O. The van der Waals surface area contributed by atoms with Crippen LogP contribution < -0.4 is 0 Å². The zero-order valence-electron chi connectivity index (χ0n) is 19.9. The molecule has 0 bridgehead atoms. The maximum Gasteiger partial charge on any atom is 0.124 e. The van der Waals surface area contributed by atoms with Crippen molar-refractivity contribution >= 4 is 47.2 Å². The molecule has 4 rings (SSSR count). The number of phenolic OH excluding ortho intramolecular Hbond substituents is 3. The van der Waals surface area contributed by atoms with Gasteiger partial charge in [-0.05, 0) is 48.5 Å². The van der Waals surface area contributed by atoms with Crippen LogP contribution in [0.4, 0.5) is 0 Å². The van der Waals surface area contributed by atoms with Gasteiger partial charge in [-0.2, -0.15) is 0 Å². The van der Waals surface area contributed by atoms with Crippen molar-refractivity contribution in [2.24, 2.45) is 9.98 Å². The van der Waals surface area contributed by atoms with Gasteiger partial charge in [0.2, 0.25) is 0 Å². The fourth-order valence-electron chi connectivity index (χ4n) is 4.28. The monoisotopic (exact) mass is 560 g/mol. The number of benzene rings is 3. The maximum atomic E-state index is 10.7. The van der Waals surface area contributed by atoms with Crippen molar-refractivity contribution in [2.45, 2.75) is 6.17 Å². The predicted octanol–water partition coefficient (Wildman–Crippen LogP) is 5.62. The molecule has 3 aromatic carbocycles. The normalized spacial score (nSPS) is 16.9. The van der Waals surface area contributed by atoms with Crippen LogP contribution in [0.2, 0.25) is 15.1 Å². The molecular formula is C27H27Cl3N4O3. The van der Waals surface area contributed by atoms with Gasteiger partial charge in [0.1, 0.15) is 17.2 Å². The van der Waals surface area contributed by atoms with Crippen molar-refractivity contribution in [3.63, 3.8) is 0 Å². The average molecular weight is 562 g/mol. The zero-order chi connectivity index (χ0) is 26.4. The number of phenols is 3. The molecule has 0 spiro atoms. The topological polar surface area (TPSA) is 91.9 Å². The predicted molar refractivity (Wildman–Crippen MR) is 150 cm³/mol. The molecule has 1 saturated heterocycles. The lowest BCUT2D eigenvalue weighted by Gasteiger charge is -2.30. The van der Waals surface area contributed by atoms with Gasteiger partial charge in [-0.15, -0.1) is 0 Å². The van der Waals surface area contributed by atoms with Crippen molar-refractivity contribution in [1.29, 1.82) is 0 Å². The van der Waals surface area contributed by atoms with Crippen LogP contribution in [0.15, 0.2) is 64.6 Å². The van der Waals surface area contributed by atoms with Crippen LogP contribution in [0.5, 0.6) is 17.2 Å². The van der Waals surface area contributed by atoms with Crippen LogP contribution >= 0.6 is 34.8 Å². The van der Waals surface area contributed by atoms with Crippen molar-refractivity contribution in [3.05, 3.63) is 86.4 Å². The Bertz CT molecular complexity index is 1230. The molecule has 194 valence electrons. The van der Waals surface area contributed by atoms with Crippen LogP contribution in [0.1, 0.15) is 22.9 Å². The highest BCUT2D eigenvalue weighted by Gasteiger charge is 2.34. The lowest BCUT2D eigenvalue weighted by Crippen LogP contribution is -2.33. The molecule has 0 atom stereocenters. The smallest absolute Gasteiger partial charge is 0.124 e. The molecule has 0 saturated carbocycles. The molecular weight excluding hydrogens is 535 g/mol. The highest BCUT2D eigenvalue weighted by atomic mass is 35.5. The van der Waals surface area contributed by atoms with Gasteiger partial charge in [-0.1, -0.05) is 40.9 Å². The summed E-state index contributed by atoms with van der Waals surface area (Å²) in [5, 5.41) is 32.2. The average Bonchev–Trinajstić information content (AvgIpc) is 3.26. The number of nitrogens with zero attached hydrogens (tertiary/aromatic N) is 4. The second-order valence-electron chi connectivity index (χ2n) is 8.63. The molecule has 1 aliphatic rings. The van der Waals surface area contributed by atoms with Gasteiger partial charge in [0, 0.05) is 70.4 Å². The summed E-state index contributed by atoms with van der Waals surface area (Å²) in [6, 6.07) is 14.8. The summed E-state index contributed by atoms with van der Waals surface area (Å²) in [7, 11) is 0. The van der Waals surface area contributed by atoms with Crippen LogP contribution in [-0.2, 0) is 0 Å². The number of aliphatic imine (C=N–C) groups is 2.